The van der Waals surface area contributed by atoms with E-state index in [-0.39, 0.29) is 13.1 Å². The molecule has 0 bridgehead atoms. The van der Waals surface area contributed by atoms with Gasteiger partial charge in [-0.25, -0.2) is 0 Å². The topological polar surface area (TPSA) is 55.8 Å². The third kappa shape index (κ3) is 6.90. The summed E-state index contributed by atoms with van der Waals surface area (Å²) in [7, 11) is 2.93. The smallest absolute Gasteiger partial charge is 0.443 e. The zero-order chi connectivity index (χ0) is 12.6. The fourth-order valence-corrected chi connectivity index (χ4v) is 1.03. The molecule has 0 N–H and O–H groups in total. The van der Waals surface area contributed by atoms with Crippen molar-refractivity contribution in [1.82, 2.24) is 4.90 Å². The monoisotopic (exact) mass is 225 g/mol. The zero-order valence-electron chi connectivity index (χ0n) is 10.1. The molecule has 0 unspecified atom stereocenters. The molecule has 0 amide bonds. The lowest BCUT2D eigenvalue weighted by atomic mass is 9.72. The number of rotatable bonds is 5. The molecule has 0 spiro atoms. The van der Waals surface area contributed by atoms with Crippen LogP contribution in [0.1, 0.15) is 6.92 Å². The van der Waals surface area contributed by atoms with Crippen LogP contribution in [-0.2, 0) is 19.0 Å². The number of esters is 1. The number of hydrogen-bond donors (Lipinski definition) is 0. The summed E-state index contributed by atoms with van der Waals surface area (Å²) in [5.41, 5.74) is 0. The SMILES string of the molecule is CC#CB(C)OC(=O)CN(C)CC(=O)OC. The fraction of sp³-hybridized carbons (Fsp3) is 0.600. The van der Waals surface area contributed by atoms with Crippen molar-refractivity contribution in [2.24, 2.45) is 0 Å². The van der Waals surface area contributed by atoms with Crippen LogP contribution in [0.3, 0.4) is 0 Å². The van der Waals surface area contributed by atoms with Crippen molar-refractivity contribution in [2.45, 2.75) is 13.7 Å². The first-order valence-electron chi connectivity index (χ1n) is 4.86. The van der Waals surface area contributed by atoms with Crippen molar-refractivity contribution in [3.05, 3.63) is 0 Å². The molecule has 0 aliphatic carbocycles. The standard InChI is InChI=1S/C10H16BNO4/c1-5-6-11(2)16-10(14)8-12(3)7-9(13)15-4/h7-8H2,1-4H3. The van der Waals surface area contributed by atoms with E-state index in [2.05, 4.69) is 16.5 Å². The Kier molecular flexibility index (Phi) is 7.05. The predicted molar refractivity (Wildman–Crippen MR) is 60.7 cm³/mol. The molecule has 0 atom stereocenters. The molecular formula is C10H16BNO4. The molecule has 16 heavy (non-hydrogen) atoms. The summed E-state index contributed by atoms with van der Waals surface area (Å²) in [6.45, 7) is 3.02. The molecular weight excluding hydrogens is 209 g/mol. The van der Waals surface area contributed by atoms with Gasteiger partial charge in [0, 0.05) is 0 Å². The Balaban J connectivity index is 3.94. The first-order chi connectivity index (χ1) is 7.49. The maximum atomic E-state index is 11.3. The Bertz CT molecular complexity index is 308. The van der Waals surface area contributed by atoms with E-state index in [1.54, 1.807) is 20.8 Å². The van der Waals surface area contributed by atoms with Crippen LogP contribution in [0.2, 0.25) is 6.82 Å². The van der Waals surface area contributed by atoms with Gasteiger partial charge < -0.3 is 9.39 Å². The van der Waals surface area contributed by atoms with Crippen LogP contribution in [-0.4, -0.2) is 51.0 Å². The molecule has 0 aromatic rings. The van der Waals surface area contributed by atoms with Gasteiger partial charge >= 0.3 is 18.9 Å². The quantitative estimate of drug-likeness (QED) is 0.369. The molecule has 0 aliphatic heterocycles. The Morgan fingerprint density at radius 1 is 1.31 bits per heavy atom. The number of ether oxygens (including phenoxy) is 1. The molecule has 0 radical (unpaired) electrons. The van der Waals surface area contributed by atoms with Crippen LogP contribution >= 0.6 is 0 Å². The number of carbonyl (C=O) groups is 2. The van der Waals surface area contributed by atoms with Gasteiger partial charge in [0.2, 0.25) is 0 Å². The molecule has 0 aliphatic rings. The molecule has 88 valence electrons. The Hall–Kier alpha value is -1.48. The summed E-state index contributed by atoms with van der Waals surface area (Å²) in [6, 6.07) is 0. The van der Waals surface area contributed by atoms with Gasteiger partial charge in [0.05, 0.1) is 20.2 Å². The van der Waals surface area contributed by atoms with Crippen molar-refractivity contribution in [1.29, 1.82) is 0 Å². The molecule has 0 heterocycles. The first-order valence-corrected chi connectivity index (χ1v) is 4.86. The first kappa shape index (κ1) is 14.5. The number of methoxy groups -OCH3 is 1. The number of hydrogen-bond acceptors (Lipinski definition) is 5. The van der Waals surface area contributed by atoms with Gasteiger partial charge in [0.1, 0.15) is 0 Å². The van der Waals surface area contributed by atoms with Gasteiger partial charge in [-0.1, -0.05) is 0 Å². The maximum Gasteiger partial charge on any atom is 0.443 e. The lowest BCUT2D eigenvalue weighted by Gasteiger charge is -2.14. The number of carbonyl (C=O) groups excluding carboxylic acids is 2. The van der Waals surface area contributed by atoms with E-state index >= 15 is 0 Å². The maximum absolute atomic E-state index is 11.3. The zero-order valence-corrected chi connectivity index (χ0v) is 10.1. The molecule has 0 saturated heterocycles. The van der Waals surface area contributed by atoms with Crippen molar-refractivity contribution < 1.29 is 19.0 Å². The van der Waals surface area contributed by atoms with E-state index in [1.165, 1.54) is 12.0 Å². The van der Waals surface area contributed by atoms with Gasteiger partial charge in [-0.2, -0.15) is 0 Å². The van der Waals surface area contributed by atoms with Crippen LogP contribution < -0.4 is 0 Å². The van der Waals surface area contributed by atoms with Crippen molar-refractivity contribution in [3.8, 4) is 11.7 Å². The van der Waals surface area contributed by atoms with Crippen molar-refractivity contribution in [2.75, 3.05) is 27.2 Å². The molecule has 0 aromatic carbocycles. The summed E-state index contributed by atoms with van der Waals surface area (Å²) in [5.74, 6) is 4.54. The summed E-state index contributed by atoms with van der Waals surface area (Å²) in [5, 5.41) is 0. The van der Waals surface area contributed by atoms with Gasteiger partial charge in [-0.3, -0.25) is 14.5 Å². The van der Waals surface area contributed by atoms with E-state index < -0.39 is 18.9 Å². The minimum Gasteiger partial charge on any atom is -0.522 e. The van der Waals surface area contributed by atoms with Gasteiger partial charge in [-0.15, -0.1) is 11.7 Å². The average molecular weight is 225 g/mol. The van der Waals surface area contributed by atoms with E-state index in [0.29, 0.717) is 0 Å². The fourth-order valence-electron chi connectivity index (χ4n) is 1.03. The molecule has 6 heteroatoms. The van der Waals surface area contributed by atoms with E-state index in [4.69, 9.17) is 4.65 Å². The Morgan fingerprint density at radius 2 is 1.88 bits per heavy atom. The highest BCUT2D eigenvalue weighted by molar-refractivity contribution is 6.61. The largest absolute Gasteiger partial charge is 0.522 e. The summed E-state index contributed by atoms with van der Waals surface area (Å²) >= 11 is 0. The molecule has 0 saturated carbocycles. The minimum absolute atomic E-state index is 0.0326. The van der Waals surface area contributed by atoms with E-state index in [9.17, 15) is 9.59 Å². The van der Waals surface area contributed by atoms with Crippen LogP contribution in [0, 0.1) is 11.7 Å². The van der Waals surface area contributed by atoms with E-state index in [1.807, 2.05) is 0 Å². The average Bonchev–Trinajstić information content (AvgIpc) is 2.16. The molecule has 0 aromatic heterocycles. The Morgan fingerprint density at radius 3 is 2.38 bits per heavy atom. The molecule has 0 fully saturated rings. The molecule has 0 rings (SSSR count). The summed E-state index contributed by atoms with van der Waals surface area (Å²) in [4.78, 5) is 23.7. The van der Waals surface area contributed by atoms with Crippen molar-refractivity contribution in [3.63, 3.8) is 0 Å². The van der Waals surface area contributed by atoms with Gasteiger partial charge in [0.15, 0.2) is 0 Å². The second-order valence-electron chi connectivity index (χ2n) is 3.27. The summed E-state index contributed by atoms with van der Waals surface area (Å²) in [6.07, 6.45) is 0. The highest BCUT2D eigenvalue weighted by atomic mass is 16.5. The van der Waals surface area contributed by atoms with Crippen molar-refractivity contribution >= 4 is 18.9 Å². The number of likely N-dealkylation sites (N-methyl/N-ethyl adjacent to an activating group) is 1. The minimum atomic E-state index is -0.427. The number of nitrogens with zero attached hydrogens (tertiary/aromatic N) is 1. The van der Waals surface area contributed by atoms with Crippen LogP contribution in [0.5, 0.6) is 0 Å². The third-order valence-corrected chi connectivity index (χ3v) is 1.68. The lowest BCUT2D eigenvalue weighted by Crippen LogP contribution is -2.34. The molecule has 5 nitrogen and oxygen atoms in total. The van der Waals surface area contributed by atoms with Crippen LogP contribution in [0.4, 0.5) is 0 Å². The Labute approximate surface area is 96.2 Å². The van der Waals surface area contributed by atoms with Gasteiger partial charge in [-0.05, 0) is 20.8 Å². The van der Waals surface area contributed by atoms with E-state index in [0.717, 1.165) is 0 Å². The third-order valence-electron chi connectivity index (χ3n) is 1.68. The normalized spacial score (nSPS) is 9.06. The summed E-state index contributed by atoms with van der Waals surface area (Å²) < 4.78 is 9.44. The predicted octanol–water partition coefficient (Wildman–Crippen LogP) is -0.182. The second-order valence-corrected chi connectivity index (χ2v) is 3.27. The highest BCUT2D eigenvalue weighted by Gasteiger charge is 2.15. The highest BCUT2D eigenvalue weighted by Crippen LogP contribution is 1.90. The van der Waals surface area contributed by atoms with Gasteiger partial charge in [0.25, 0.3) is 0 Å². The second kappa shape index (κ2) is 7.77. The lowest BCUT2D eigenvalue weighted by molar-refractivity contribution is -0.142. The van der Waals surface area contributed by atoms with Crippen LogP contribution in [0.15, 0.2) is 0 Å². The van der Waals surface area contributed by atoms with Crippen LogP contribution in [0.25, 0.3) is 0 Å².